The van der Waals surface area contributed by atoms with Crippen LogP contribution in [0.25, 0.3) is 22.8 Å². The summed E-state index contributed by atoms with van der Waals surface area (Å²) in [6, 6.07) is 0. The van der Waals surface area contributed by atoms with Gasteiger partial charge in [-0.05, 0) is 6.42 Å². The zero-order valence-corrected chi connectivity index (χ0v) is 11.9. The van der Waals surface area contributed by atoms with Crippen LogP contribution in [0.3, 0.4) is 0 Å². The Hall–Kier alpha value is -3.03. The molecule has 0 aliphatic rings. The summed E-state index contributed by atoms with van der Waals surface area (Å²) in [5.74, 6) is 0.524. The predicted octanol–water partition coefficient (Wildman–Crippen LogP) is 1.10. The lowest BCUT2D eigenvalue weighted by Crippen LogP contribution is -2.15. The van der Waals surface area contributed by atoms with Gasteiger partial charge in [0.05, 0.1) is 5.69 Å². The van der Waals surface area contributed by atoms with E-state index in [9.17, 15) is 4.79 Å². The molecule has 0 spiro atoms. The van der Waals surface area contributed by atoms with Crippen molar-refractivity contribution in [2.24, 2.45) is 0 Å². The molecule has 22 heavy (non-hydrogen) atoms. The summed E-state index contributed by atoms with van der Waals surface area (Å²) in [7, 11) is 0. The van der Waals surface area contributed by atoms with E-state index in [-0.39, 0.29) is 5.56 Å². The largest absolute Gasteiger partial charge is 0.315 e. The van der Waals surface area contributed by atoms with Gasteiger partial charge in [-0.1, -0.05) is 13.3 Å². The van der Waals surface area contributed by atoms with Crippen molar-refractivity contribution in [1.82, 2.24) is 33.9 Å². The summed E-state index contributed by atoms with van der Waals surface area (Å²) >= 11 is 0. The van der Waals surface area contributed by atoms with Crippen molar-refractivity contribution < 1.29 is 0 Å². The molecule has 0 saturated heterocycles. The van der Waals surface area contributed by atoms with Crippen LogP contribution >= 0.6 is 0 Å². The highest BCUT2D eigenvalue weighted by Crippen LogP contribution is 2.16. The van der Waals surface area contributed by atoms with Crippen LogP contribution in [0.15, 0.2) is 35.9 Å². The molecule has 4 aromatic heterocycles. The Morgan fingerprint density at radius 3 is 2.86 bits per heavy atom. The molecule has 1 N–H and O–H groups in total. The fraction of sp³-hybridized carbons (Fsp3) is 0.214. The summed E-state index contributed by atoms with van der Waals surface area (Å²) in [6.45, 7) is 2.07. The maximum Gasteiger partial charge on any atom is 0.292 e. The highest BCUT2D eigenvalue weighted by Gasteiger charge is 2.14. The molecule has 0 amide bonds. The van der Waals surface area contributed by atoms with Gasteiger partial charge in [-0.3, -0.25) is 13.8 Å². The van der Waals surface area contributed by atoms with Gasteiger partial charge in [0.1, 0.15) is 11.8 Å². The molecule has 0 radical (unpaired) electrons. The molecule has 0 bridgehead atoms. The van der Waals surface area contributed by atoms with Crippen molar-refractivity contribution in [2.75, 3.05) is 0 Å². The fourth-order valence-electron chi connectivity index (χ4n) is 2.51. The van der Waals surface area contributed by atoms with Crippen LogP contribution in [0.5, 0.6) is 0 Å². The molecule has 0 aliphatic heterocycles. The van der Waals surface area contributed by atoms with Gasteiger partial charge < -0.3 is 4.98 Å². The number of aromatic nitrogens is 7. The lowest BCUT2D eigenvalue weighted by Gasteiger charge is -2.09. The highest BCUT2D eigenvalue weighted by atomic mass is 16.1. The average molecular weight is 295 g/mol. The molecule has 8 nitrogen and oxygen atoms in total. The van der Waals surface area contributed by atoms with Crippen molar-refractivity contribution in [1.29, 1.82) is 0 Å². The number of H-pyrrole nitrogens is 1. The first-order valence-electron chi connectivity index (χ1n) is 7.02. The number of aryl methyl sites for hydroxylation is 1. The number of hydrogen-bond acceptors (Lipinski definition) is 5. The van der Waals surface area contributed by atoms with E-state index in [1.807, 2.05) is 0 Å². The number of nitrogens with zero attached hydrogens (tertiary/aromatic N) is 6. The first-order chi connectivity index (χ1) is 10.8. The third-order valence-corrected chi connectivity index (χ3v) is 3.49. The fourth-order valence-corrected chi connectivity index (χ4v) is 2.51. The van der Waals surface area contributed by atoms with E-state index < -0.39 is 0 Å². The molecule has 4 rings (SSSR count). The van der Waals surface area contributed by atoms with Gasteiger partial charge in [0.15, 0.2) is 5.65 Å². The number of hydrogen-bond donors (Lipinski definition) is 1. The van der Waals surface area contributed by atoms with Gasteiger partial charge in [-0.25, -0.2) is 15.0 Å². The summed E-state index contributed by atoms with van der Waals surface area (Å²) in [5, 5.41) is 0. The van der Waals surface area contributed by atoms with Gasteiger partial charge in [-0.15, -0.1) is 0 Å². The Labute approximate surface area is 124 Å². The first kappa shape index (κ1) is 12.7. The lowest BCUT2D eigenvalue weighted by molar-refractivity contribution is 0.843. The van der Waals surface area contributed by atoms with Crippen molar-refractivity contribution in [3.8, 4) is 5.95 Å². The van der Waals surface area contributed by atoms with Crippen molar-refractivity contribution in [2.45, 2.75) is 19.8 Å². The summed E-state index contributed by atoms with van der Waals surface area (Å²) in [5.41, 5.74) is 2.18. The van der Waals surface area contributed by atoms with Crippen LogP contribution in [0.2, 0.25) is 0 Å². The maximum atomic E-state index is 12.1. The van der Waals surface area contributed by atoms with Gasteiger partial charge in [0, 0.05) is 24.8 Å². The van der Waals surface area contributed by atoms with E-state index in [0.29, 0.717) is 22.8 Å². The minimum Gasteiger partial charge on any atom is -0.315 e. The van der Waals surface area contributed by atoms with E-state index in [2.05, 4.69) is 31.8 Å². The molecule has 0 atom stereocenters. The monoisotopic (exact) mass is 295 g/mol. The number of fused-ring (bicyclic) bond motifs is 3. The SMILES string of the molecule is CCCc1nc(-n2ccnc2)nc2c1[nH]c(=O)c1nccn12. The lowest BCUT2D eigenvalue weighted by atomic mass is 10.2. The van der Waals surface area contributed by atoms with Gasteiger partial charge in [0.25, 0.3) is 5.56 Å². The minimum atomic E-state index is -0.242. The van der Waals surface area contributed by atoms with Crippen molar-refractivity contribution in [3.05, 3.63) is 47.2 Å². The molecular formula is C14H13N7O. The van der Waals surface area contributed by atoms with Crippen LogP contribution < -0.4 is 5.56 Å². The van der Waals surface area contributed by atoms with Crippen LogP contribution in [0.1, 0.15) is 19.0 Å². The van der Waals surface area contributed by atoms with E-state index in [1.165, 1.54) is 0 Å². The van der Waals surface area contributed by atoms with Crippen LogP contribution in [0.4, 0.5) is 0 Å². The molecular weight excluding hydrogens is 282 g/mol. The van der Waals surface area contributed by atoms with Crippen molar-refractivity contribution in [3.63, 3.8) is 0 Å². The van der Waals surface area contributed by atoms with E-state index in [1.54, 1.807) is 40.1 Å². The van der Waals surface area contributed by atoms with Crippen LogP contribution in [-0.4, -0.2) is 33.9 Å². The predicted molar refractivity (Wildman–Crippen MR) is 80.0 cm³/mol. The molecule has 0 fully saturated rings. The first-order valence-corrected chi connectivity index (χ1v) is 7.02. The normalized spacial score (nSPS) is 11.5. The molecule has 0 unspecified atom stereocenters. The van der Waals surface area contributed by atoms with Crippen LogP contribution in [0, 0.1) is 0 Å². The Kier molecular flexibility index (Phi) is 2.75. The Bertz CT molecular complexity index is 1010. The van der Waals surface area contributed by atoms with E-state index in [4.69, 9.17) is 0 Å². The molecule has 4 heterocycles. The number of rotatable bonds is 3. The molecule has 4 aromatic rings. The highest BCUT2D eigenvalue weighted by molar-refractivity contribution is 5.76. The Balaban J connectivity index is 2.13. The second-order valence-corrected chi connectivity index (χ2v) is 4.96. The van der Waals surface area contributed by atoms with Crippen LogP contribution in [-0.2, 0) is 6.42 Å². The van der Waals surface area contributed by atoms with E-state index in [0.717, 1.165) is 18.5 Å². The molecule has 0 aliphatic carbocycles. The van der Waals surface area contributed by atoms with Crippen molar-refractivity contribution >= 4 is 16.8 Å². The Morgan fingerprint density at radius 1 is 1.18 bits per heavy atom. The van der Waals surface area contributed by atoms with E-state index >= 15 is 0 Å². The number of aromatic amines is 1. The summed E-state index contributed by atoms with van der Waals surface area (Å²) in [6.07, 6.45) is 10.1. The van der Waals surface area contributed by atoms with Gasteiger partial charge in [-0.2, -0.15) is 4.98 Å². The van der Waals surface area contributed by atoms with Gasteiger partial charge >= 0.3 is 0 Å². The number of imidazole rings is 2. The minimum absolute atomic E-state index is 0.242. The average Bonchev–Trinajstić information content (AvgIpc) is 3.20. The zero-order chi connectivity index (χ0) is 15.1. The second kappa shape index (κ2) is 4.76. The standard InChI is InChI=1S/C14H13N7O/c1-2-3-9-10-11(19-14(17-9)20-6-4-15-8-20)21-7-5-16-12(21)13(22)18-10/h4-8H,2-3H2,1H3,(H,18,22). The third kappa shape index (κ3) is 1.80. The molecule has 0 aromatic carbocycles. The smallest absolute Gasteiger partial charge is 0.292 e. The zero-order valence-electron chi connectivity index (χ0n) is 11.9. The molecule has 0 saturated carbocycles. The maximum absolute atomic E-state index is 12.1. The topological polar surface area (TPSA) is 93.8 Å². The van der Waals surface area contributed by atoms with Gasteiger partial charge in [0.2, 0.25) is 11.6 Å². The third-order valence-electron chi connectivity index (χ3n) is 3.49. The quantitative estimate of drug-likeness (QED) is 0.611. The molecule has 8 heteroatoms. The molecule has 110 valence electrons. The second-order valence-electron chi connectivity index (χ2n) is 4.96. The summed E-state index contributed by atoms with van der Waals surface area (Å²) in [4.78, 5) is 32.2. The Morgan fingerprint density at radius 2 is 2.09 bits per heavy atom. The number of nitrogens with one attached hydrogen (secondary N) is 1. The summed E-state index contributed by atoms with van der Waals surface area (Å²) < 4.78 is 3.43.